The summed E-state index contributed by atoms with van der Waals surface area (Å²) in [6, 6.07) is 4.84. The molecule has 0 saturated carbocycles. The highest BCUT2D eigenvalue weighted by molar-refractivity contribution is 7.89. The molecule has 2 unspecified atom stereocenters. The van der Waals surface area contributed by atoms with Crippen LogP contribution in [-0.4, -0.2) is 30.6 Å². The van der Waals surface area contributed by atoms with Crippen molar-refractivity contribution >= 4 is 45.5 Å². The van der Waals surface area contributed by atoms with Crippen molar-refractivity contribution in [2.75, 3.05) is 17.3 Å². The molecule has 11 nitrogen and oxygen atoms in total. The molecular weight excluding hydrogens is 411 g/mol. The number of non-ortho nitro benzene ring substituents is 1. The zero-order valence-corrected chi connectivity index (χ0v) is 16.9. The number of nitro benzene ring substituents is 1. The molecule has 0 saturated heterocycles. The minimum absolute atomic E-state index is 0.0631. The first kappa shape index (κ1) is 22.1. The maximum Gasteiger partial charge on any atom is 0.347 e. The van der Waals surface area contributed by atoms with Crippen LogP contribution in [0.4, 0.5) is 17.1 Å². The van der Waals surface area contributed by atoms with E-state index in [-0.39, 0.29) is 22.1 Å². The van der Waals surface area contributed by atoms with Gasteiger partial charge in [0, 0.05) is 11.5 Å². The van der Waals surface area contributed by atoms with Crippen molar-refractivity contribution in [3.8, 4) is 0 Å². The number of hydrogen-bond donors (Lipinski definition) is 4. The van der Waals surface area contributed by atoms with Gasteiger partial charge in [0.15, 0.2) is 0 Å². The Bertz CT molecular complexity index is 1070. The highest BCUT2D eigenvalue weighted by Crippen LogP contribution is 2.45. The van der Waals surface area contributed by atoms with Crippen LogP contribution in [0.2, 0.25) is 0 Å². The van der Waals surface area contributed by atoms with E-state index >= 15 is 0 Å². The minimum Gasteiger partial charge on any atom is -0.397 e. The van der Waals surface area contributed by atoms with E-state index in [4.69, 9.17) is 15.4 Å². The summed E-state index contributed by atoms with van der Waals surface area (Å²) in [5.74, 6) is 0. The van der Waals surface area contributed by atoms with Crippen LogP contribution in [0.1, 0.15) is 20.3 Å². The third kappa shape index (κ3) is 4.78. The fraction of sp³-hybridized carbons (Fsp3) is 0.333. The van der Waals surface area contributed by atoms with Crippen LogP contribution in [0.25, 0.3) is 10.8 Å². The molecule has 0 aromatic heterocycles. The quantitative estimate of drug-likeness (QED) is 0.210. The lowest BCUT2D eigenvalue weighted by atomic mass is 10.1. The number of nitrogen functional groups attached to an aromatic ring is 1. The summed E-state index contributed by atoms with van der Waals surface area (Å²) in [5, 5.41) is 19.1. The Morgan fingerprint density at radius 1 is 1.43 bits per heavy atom. The predicted molar refractivity (Wildman–Crippen MR) is 106 cm³/mol. The molecule has 0 spiro atoms. The summed E-state index contributed by atoms with van der Waals surface area (Å²) in [5.41, 5.74) is 5.29. The largest absolute Gasteiger partial charge is 0.397 e. The molecule has 2 atom stereocenters. The number of primary sulfonamides is 1. The van der Waals surface area contributed by atoms with E-state index in [1.807, 2.05) is 0 Å². The second kappa shape index (κ2) is 8.02. The second-order valence-electron chi connectivity index (χ2n) is 6.14. The molecule has 6 N–H and O–H groups in total. The lowest BCUT2D eigenvalue weighted by molar-refractivity contribution is -0.383. The smallest absolute Gasteiger partial charge is 0.347 e. The first-order valence-corrected chi connectivity index (χ1v) is 11.4. The topological polar surface area (TPSA) is 188 Å². The van der Waals surface area contributed by atoms with Gasteiger partial charge in [0.25, 0.3) is 5.69 Å². The minimum atomic E-state index is -4.28. The molecule has 0 amide bonds. The van der Waals surface area contributed by atoms with Crippen LogP contribution in [-0.2, 0) is 19.1 Å². The van der Waals surface area contributed by atoms with Crippen LogP contribution in [0.5, 0.6) is 0 Å². The molecule has 0 bridgehead atoms. The van der Waals surface area contributed by atoms with Crippen molar-refractivity contribution in [1.82, 2.24) is 0 Å². The summed E-state index contributed by atoms with van der Waals surface area (Å²) < 4.78 is 41.1. The van der Waals surface area contributed by atoms with Crippen LogP contribution < -0.4 is 16.2 Å². The van der Waals surface area contributed by atoms with Crippen LogP contribution in [0, 0.1) is 10.1 Å². The zero-order valence-electron chi connectivity index (χ0n) is 15.2. The van der Waals surface area contributed by atoms with Crippen molar-refractivity contribution in [2.24, 2.45) is 5.14 Å². The standard InChI is InChI=1S/C15H21N4O7PS/c1-3-9(2)26-27(22,23)8-18-15-10-5-4-6-13(28(17,24)25)14(10)12(19(20)21)7-11(15)16/h4-7,9,18H,3,8,16H2,1-2H3,(H,22,23)(H2,17,24,25). The van der Waals surface area contributed by atoms with Crippen molar-refractivity contribution in [3.05, 3.63) is 34.4 Å². The van der Waals surface area contributed by atoms with E-state index in [0.717, 1.165) is 12.1 Å². The summed E-state index contributed by atoms with van der Waals surface area (Å²) >= 11 is 0. The van der Waals surface area contributed by atoms with Gasteiger partial charge in [-0.05, 0) is 19.4 Å². The molecule has 0 aliphatic carbocycles. The number of nitrogens with one attached hydrogen (secondary N) is 1. The molecule has 0 aliphatic heterocycles. The van der Waals surface area contributed by atoms with Gasteiger partial charge >= 0.3 is 7.60 Å². The first-order chi connectivity index (χ1) is 12.9. The van der Waals surface area contributed by atoms with Gasteiger partial charge in [0.05, 0.1) is 32.7 Å². The molecular formula is C15H21N4O7PS. The van der Waals surface area contributed by atoms with Crippen molar-refractivity contribution < 1.29 is 27.3 Å². The Labute approximate surface area is 161 Å². The molecule has 28 heavy (non-hydrogen) atoms. The number of benzene rings is 2. The van der Waals surface area contributed by atoms with Gasteiger partial charge in [-0.25, -0.2) is 13.6 Å². The second-order valence-corrected chi connectivity index (χ2v) is 9.47. The van der Waals surface area contributed by atoms with Crippen LogP contribution in [0.15, 0.2) is 29.2 Å². The van der Waals surface area contributed by atoms with Gasteiger partial charge in [-0.3, -0.25) is 14.7 Å². The molecule has 154 valence electrons. The van der Waals surface area contributed by atoms with Gasteiger partial charge in [-0.2, -0.15) is 0 Å². The number of sulfonamides is 1. The van der Waals surface area contributed by atoms with Crippen molar-refractivity contribution in [2.45, 2.75) is 31.3 Å². The SMILES string of the molecule is CCC(C)OP(=O)(O)CNc1c(N)cc([N+](=O)[O-])c2c(S(N)(=O)=O)cccc12. The van der Waals surface area contributed by atoms with Crippen LogP contribution >= 0.6 is 7.60 Å². The lowest BCUT2D eigenvalue weighted by Crippen LogP contribution is -2.14. The van der Waals surface area contributed by atoms with Crippen molar-refractivity contribution in [3.63, 3.8) is 0 Å². The van der Waals surface area contributed by atoms with Gasteiger partial charge in [0.2, 0.25) is 10.0 Å². The fourth-order valence-electron chi connectivity index (χ4n) is 2.60. The average Bonchev–Trinajstić information content (AvgIpc) is 2.58. The number of nitrogens with zero attached hydrogens (tertiary/aromatic N) is 1. The highest BCUT2D eigenvalue weighted by Gasteiger charge is 2.27. The Morgan fingerprint density at radius 2 is 2.07 bits per heavy atom. The molecule has 0 aliphatic rings. The highest BCUT2D eigenvalue weighted by atomic mass is 32.2. The van der Waals surface area contributed by atoms with Gasteiger partial charge < -0.3 is 20.5 Å². The zero-order chi connectivity index (χ0) is 21.3. The van der Waals surface area contributed by atoms with E-state index in [1.54, 1.807) is 13.8 Å². The molecule has 0 fully saturated rings. The number of fused-ring (bicyclic) bond motifs is 1. The number of rotatable bonds is 8. The Hall–Kier alpha value is -2.24. The monoisotopic (exact) mass is 432 g/mol. The maximum atomic E-state index is 12.2. The Balaban J connectivity index is 2.62. The summed E-state index contributed by atoms with van der Waals surface area (Å²) in [6.45, 7) is 3.42. The Morgan fingerprint density at radius 3 is 2.61 bits per heavy atom. The normalized spacial score (nSPS) is 15.1. The summed E-state index contributed by atoms with van der Waals surface area (Å²) in [7, 11) is -8.33. The van der Waals surface area contributed by atoms with Crippen molar-refractivity contribution in [1.29, 1.82) is 0 Å². The van der Waals surface area contributed by atoms with E-state index in [1.165, 1.54) is 12.1 Å². The predicted octanol–water partition coefficient (Wildman–Crippen LogP) is 2.35. The van der Waals surface area contributed by atoms with E-state index < -0.39 is 45.5 Å². The van der Waals surface area contributed by atoms with Gasteiger partial charge in [0.1, 0.15) is 6.29 Å². The molecule has 2 aromatic carbocycles. The molecule has 2 rings (SSSR count). The molecule has 13 heteroatoms. The molecule has 2 aromatic rings. The van der Waals surface area contributed by atoms with Gasteiger partial charge in [-0.15, -0.1) is 0 Å². The number of hydrogen-bond acceptors (Lipinski definition) is 8. The van der Waals surface area contributed by atoms with Gasteiger partial charge in [-0.1, -0.05) is 19.1 Å². The van der Waals surface area contributed by atoms with E-state index in [0.29, 0.717) is 6.42 Å². The average molecular weight is 432 g/mol. The lowest BCUT2D eigenvalue weighted by Gasteiger charge is -2.19. The molecule has 0 heterocycles. The van der Waals surface area contributed by atoms with E-state index in [2.05, 4.69) is 5.32 Å². The van der Waals surface area contributed by atoms with E-state index in [9.17, 15) is 28.0 Å². The summed E-state index contributed by atoms with van der Waals surface area (Å²) in [6.07, 6.45) is -0.476. The number of nitro groups is 1. The third-order valence-corrected chi connectivity index (χ3v) is 6.21. The number of nitrogens with two attached hydrogens (primary N) is 2. The van der Waals surface area contributed by atoms with Crippen LogP contribution in [0.3, 0.4) is 0 Å². The Kier molecular flexibility index (Phi) is 6.31. The number of anilines is 2. The first-order valence-electron chi connectivity index (χ1n) is 8.14. The maximum absolute atomic E-state index is 12.2. The third-order valence-electron chi connectivity index (χ3n) is 4.01. The summed E-state index contributed by atoms with van der Waals surface area (Å²) in [4.78, 5) is 20.2. The fourth-order valence-corrected chi connectivity index (χ4v) is 4.51. The molecule has 0 radical (unpaired) electrons.